The normalized spacial score (nSPS) is 15.7. The van der Waals surface area contributed by atoms with Crippen molar-refractivity contribution < 1.29 is 14.1 Å². The van der Waals surface area contributed by atoms with Crippen LogP contribution < -0.4 is 0 Å². The van der Waals surface area contributed by atoms with E-state index in [1.165, 1.54) is 17.8 Å². The number of carbonyl (C=O) groups is 1. The first-order chi connectivity index (χ1) is 17.5. The van der Waals surface area contributed by atoms with Crippen molar-refractivity contribution in [3.63, 3.8) is 0 Å². The molecule has 1 fully saturated rings. The van der Waals surface area contributed by atoms with E-state index in [1.807, 2.05) is 60.7 Å². The lowest BCUT2D eigenvalue weighted by atomic mass is 10.1. The van der Waals surface area contributed by atoms with Crippen LogP contribution in [0.15, 0.2) is 105 Å². The number of hydrogen-bond acceptors (Lipinski definition) is 6. The first kappa shape index (κ1) is 23.3. The molecule has 4 aromatic rings. The molecule has 5 rings (SSSR count). The number of para-hydroxylation sites is 1. The Morgan fingerprint density at radius 1 is 0.972 bits per heavy atom. The third-order valence-corrected chi connectivity index (χ3v) is 6.73. The maximum Gasteiger partial charge on any atom is 0.273 e. The van der Waals surface area contributed by atoms with Gasteiger partial charge in [-0.05, 0) is 48.5 Å². The van der Waals surface area contributed by atoms with Crippen molar-refractivity contribution in [2.24, 2.45) is 4.99 Å². The molecule has 36 heavy (non-hydrogen) atoms. The summed E-state index contributed by atoms with van der Waals surface area (Å²) in [7, 11) is 0. The topological polar surface area (TPSA) is 89.0 Å². The Kier molecular flexibility index (Phi) is 6.51. The minimum atomic E-state index is -0.409. The van der Waals surface area contributed by atoms with Crippen LogP contribution in [-0.4, -0.2) is 20.9 Å². The number of hydrogen-bond donors (Lipinski definition) is 0. The molecule has 0 N–H and O–H groups in total. The van der Waals surface area contributed by atoms with Crippen molar-refractivity contribution >= 4 is 40.3 Å². The second-order valence-corrected chi connectivity index (χ2v) is 9.14. The number of aliphatic imine (C=N–C) groups is 1. The second-order valence-electron chi connectivity index (χ2n) is 8.13. The fraction of sp³-hybridized carbons (Fsp3) is 0.0714. The average molecular weight is 496 g/mol. The summed E-state index contributed by atoms with van der Waals surface area (Å²) in [4.78, 5) is 31.2. The van der Waals surface area contributed by atoms with E-state index in [4.69, 9.17) is 9.41 Å². The zero-order valence-corrected chi connectivity index (χ0v) is 20.1. The fourth-order valence-corrected chi connectivity index (χ4v) is 4.88. The Labute approximate surface area is 211 Å². The monoisotopic (exact) mass is 495 g/mol. The summed E-state index contributed by atoms with van der Waals surface area (Å²) in [5.41, 5.74) is 2.94. The highest BCUT2D eigenvalue weighted by atomic mass is 32.2. The Bertz CT molecular complexity index is 1490. The lowest BCUT2D eigenvalue weighted by Crippen LogP contribution is -2.28. The molecule has 3 aromatic carbocycles. The highest BCUT2D eigenvalue weighted by molar-refractivity contribution is 8.18. The van der Waals surface area contributed by atoms with E-state index in [0.29, 0.717) is 39.3 Å². The zero-order chi connectivity index (χ0) is 25.1. The molecule has 178 valence electrons. The van der Waals surface area contributed by atoms with Gasteiger partial charge in [-0.25, -0.2) is 4.99 Å². The molecule has 1 saturated heterocycles. The molecule has 0 saturated carbocycles. The van der Waals surface area contributed by atoms with E-state index in [9.17, 15) is 14.9 Å². The third kappa shape index (κ3) is 4.85. The van der Waals surface area contributed by atoms with Crippen LogP contribution in [-0.2, 0) is 11.3 Å². The van der Waals surface area contributed by atoms with Crippen LogP contribution in [0.4, 0.5) is 11.4 Å². The summed E-state index contributed by atoms with van der Waals surface area (Å²) in [6.07, 6.45) is 1.69. The number of furan rings is 1. The summed E-state index contributed by atoms with van der Waals surface area (Å²) < 4.78 is 5.98. The molecule has 8 heteroatoms. The molecule has 7 nitrogen and oxygen atoms in total. The van der Waals surface area contributed by atoms with Crippen molar-refractivity contribution in [1.82, 2.24) is 4.90 Å². The number of nitro groups is 1. The maximum absolute atomic E-state index is 13.4. The van der Waals surface area contributed by atoms with E-state index in [-0.39, 0.29) is 11.6 Å². The van der Waals surface area contributed by atoms with Crippen LogP contribution in [0, 0.1) is 17.0 Å². The highest BCUT2D eigenvalue weighted by Gasteiger charge is 2.34. The predicted molar refractivity (Wildman–Crippen MR) is 142 cm³/mol. The van der Waals surface area contributed by atoms with Crippen molar-refractivity contribution in [3.05, 3.63) is 123 Å². The summed E-state index contributed by atoms with van der Waals surface area (Å²) in [6, 6.07) is 27.6. The second kappa shape index (κ2) is 10.1. The van der Waals surface area contributed by atoms with Crippen LogP contribution in [0.5, 0.6) is 0 Å². The van der Waals surface area contributed by atoms with Crippen molar-refractivity contribution in [2.45, 2.75) is 13.5 Å². The van der Waals surface area contributed by atoms with Crippen LogP contribution in [0.1, 0.15) is 16.9 Å². The number of rotatable bonds is 6. The minimum Gasteiger partial charge on any atom is -0.457 e. The van der Waals surface area contributed by atoms with Gasteiger partial charge < -0.3 is 4.42 Å². The van der Waals surface area contributed by atoms with Gasteiger partial charge in [0.05, 0.1) is 22.1 Å². The van der Waals surface area contributed by atoms with Crippen LogP contribution >= 0.6 is 11.8 Å². The number of nitro benzene ring substituents is 1. The Hall–Kier alpha value is -4.43. The first-order valence-electron chi connectivity index (χ1n) is 11.2. The standard InChI is InChI=1S/C28H21N3O4S/c1-19-23(13-8-14-24(19)31(33)34)25-16-15-22(35-25)17-26-27(32)30(18-20-9-4-2-5-10-20)28(36-26)29-21-11-6-3-7-12-21/h2-17H,18H2,1H3/b26-17+,29-28?. The number of nitrogens with zero attached hydrogens (tertiary/aromatic N) is 3. The Morgan fingerprint density at radius 3 is 2.42 bits per heavy atom. The van der Waals surface area contributed by atoms with Gasteiger partial charge >= 0.3 is 0 Å². The number of amides is 1. The summed E-state index contributed by atoms with van der Waals surface area (Å²) in [5, 5.41) is 11.9. The Balaban J connectivity index is 1.47. The molecular formula is C28H21N3O4S. The average Bonchev–Trinajstić information content (AvgIpc) is 3.46. The summed E-state index contributed by atoms with van der Waals surface area (Å²) >= 11 is 1.29. The smallest absolute Gasteiger partial charge is 0.273 e. The molecule has 0 atom stereocenters. The van der Waals surface area contributed by atoms with Crippen LogP contribution in [0.25, 0.3) is 17.4 Å². The largest absolute Gasteiger partial charge is 0.457 e. The molecule has 0 bridgehead atoms. The molecule has 0 radical (unpaired) electrons. The number of benzene rings is 3. The summed E-state index contributed by atoms with van der Waals surface area (Å²) in [6.45, 7) is 2.09. The first-order valence-corrected chi connectivity index (χ1v) is 12.0. The van der Waals surface area contributed by atoms with Gasteiger partial charge in [0.15, 0.2) is 5.17 Å². The van der Waals surface area contributed by atoms with Crippen LogP contribution in [0.3, 0.4) is 0 Å². The fourth-order valence-electron chi connectivity index (χ4n) is 3.90. The summed E-state index contributed by atoms with van der Waals surface area (Å²) in [5.74, 6) is 0.813. The van der Waals surface area contributed by atoms with E-state index < -0.39 is 4.92 Å². The number of thioether (sulfide) groups is 1. The Morgan fingerprint density at radius 2 is 1.69 bits per heavy atom. The zero-order valence-electron chi connectivity index (χ0n) is 19.3. The van der Waals surface area contributed by atoms with Gasteiger partial charge in [0.25, 0.3) is 11.6 Å². The van der Waals surface area contributed by atoms with E-state index in [1.54, 1.807) is 42.2 Å². The van der Waals surface area contributed by atoms with Crippen molar-refractivity contribution in [3.8, 4) is 11.3 Å². The molecular weight excluding hydrogens is 474 g/mol. The molecule has 0 spiro atoms. The van der Waals surface area contributed by atoms with Gasteiger partial charge in [-0.15, -0.1) is 0 Å². The minimum absolute atomic E-state index is 0.0312. The molecule has 1 amide bonds. The van der Waals surface area contributed by atoms with Crippen molar-refractivity contribution in [1.29, 1.82) is 0 Å². The van der Waals surface area contributed by atoms with E-state index in [0.717, 1.165) is 11.3 Å². The van der Waals surface area contributed by atoms with E-state index >= 15 is 0 Å². The van der Waals surface area contributed by atoms with Crippen molar-refractivity contribution in [2.75, 3.05) is 0 Å². The lowest BCUT2D eigenvalue weighted by molar-refractivity contribution is -0.385. The van der Waals surface area contributed by atoms with Gasteiger partial charge in [-0.1, -0.05) is 60.7 Å². The molecule has 1 aromatic heterocycles. The number of carbonyl (C=O) groups excluding carboxylic acids is 1. The lowest BCUT2D eigenvalue weighted by Gasteiger charge is -2.15. The van der Waals surface area contributed by atoms with Gasteiger partial charge in [-0.2, -0.15) is 0 Å². The maximum atomic E-state index is 13.4. The van der Waals surface area contributed by atoms with Gasteiger partial charge in [-0.3, -0.25) is 19.8 Å². The van der Waals surface area contributed by atoms with E-state index in [2.05, 4.69) is 0 Å². The molecule has 2 heterocycles. The number of amidine groups is 1. The highest BCUT2D eigenvalue weighted by Crippen LogP contribution is 2.37. The molecule has 0 unspecified atom stereocenters. The molecule has 1 aliphatic rings. The third-order valence-electron chi connectivity index (χ3n) is 5.72. The quantitative estimate of drug-likeness (QED) is 0.164. The van der Waals surface area contributed by atoms with Crippen LogP contribution in [0.2, 0.25) is 0 Å². The van der Waals surface area contributed by atoms with Gasteiger partial charge in [0, 0.05) is 23.3 Å². The van der Waals surface area contributed by atoms with Gasteiger partial charge in [0.2, 0.25) is 0 Å². The van der Waals surface area contributed by atoms with Gasteiger partial charge in [0.1, 0.15) is 11.5 Å². The molecule has 0 aliphatic carbocycles. The SMILES string of the molecule is Cc1c(-c2ccc(/C=C3/SC(=Nc4ccccc4)N(Cc4ccccc4)C3=O)o2)cccc1[N+](=O)[O-]. The molecule has 1 aliphatic heterocycles. The predicted octanol–water partition coefficient (Wildman–Crippen LogP) is 6.97.